The van der Waals surface area contributed by atoms with Crippen LogP contribution in [0, 0.1) is 0 Å². The van der Waals surface area contributed by atoms with Gasteiger partial charge in [-0.1, -0.05) is 0 Å². The van der Waals surface area contributed by atoms with E-state index < -0.39 is 0 Å². The Morgan fingerprint density at radius 2 is 2.55 bits per heavy atom. The van der Waals surface area contributed by atoms with Gasteiger partial charge in [-0.2, -0.15) is 0 Å². The highest BCUT2D eigenvalue weighted by Gasteiger charge is 2.22. The van der Waals surface area contributed by atoms with Crippen LogP contribution >= 0.6 is 0 Å². The highest BCUT2D eigenvalue weighted by Crippen LogP contribution is 2.34. The minimum absolute atomic E-state index is 0.758. The van der Waals surface area contributed by atoms with Gasteiger partial charge in [-0.3, -0.25) is 0 Å². The van der Waals surface area contributed by atoms with Gasteiger partial charge in [-0.05, 0) is 19.9 Å². The van der Waals surface area contributed by atoms with Crippen LogP contribution in [-0.2, 0) is 6.54 Å². The zero-order chi connectivity index (χ0) is 7.68. The Morgan fingerprint density at radius 3 is 3.18 bits per heavy atom. The molecule has 1 fully saturated rings. The maximum absolute atomic E-state index is 4.27. The number of nitrogens with one attached hydrogen (secondary N) is 1. The maximum atomic E-state index is 4.27. The van der Waals surface area contributed by atoms with Crippen molar-refractivity contribution >= 4 is 0 Å². The zero-order valence-corrected chi connectivity index (χ0v) is 6.75. The molecule has 0 saturated heterocycles. The Hall–Kier alpha value is -0.830. The minimum Gasteiger partial charge on any atom is -0.334 e. The molecule has 1 aliphatic rings. The first-order valence-corrected chi connectivity index (χ1v) is 4.07. The van der Waals surface area contributed by atoms with Gasteiger partial charge in [0.1, 0.15) is 0 Å². The van der Waals surface area contributed by atoms with Crippen molar-refractivity contribution in [2.24, 2.45) is 0 Å². The second-order valence-corrected chi connectivity index (χ2v) is 3.07. The van der Waals surface area contributed by atoms with Crippen LogP contribution in [0.25, 0.3) is 0 Å². The molecule has 1 aliphatic carbocycles. The normalized spacial score (nSPS) is 17.2. The Morgan fingerprint density at radius 1 is 1.73 bits per heavy atom. The third kappa shape index (κ3) is 1.43. The molecular weight excluding hydrogens is 138 g/mol. The van der Waals surface area contributed by atoms with E-state index in [4.69, 9.17) is 0 Å². The van der Waals surface area contributed by atoms with Gasteiger partial charge in [0, 0.05) is 18.8 Å². The second kappa shape index (κ2) is 2.66. The molecule has 1 saturated carbocycles. The lowest BCUT2D eigenvalue weighted by molar-refractivity contribution is 0.736. The smallest absolute Gasteiger partial charge is 0.0952 e. The predicted molar refractivity (Wildman–Crippen MR) is 43.3 cm³/mol. The standard InChI is InChI=1S/C8H13N3/c1-9-4-7-5-11(6-10-7)8-2-3-8/h5-6,8-9H,2-4H2,1H3. The average Bonchev–Trinajstić information content (AvgIpc) is 2.75. The summed E-state index contributed by atoms with van der Waals surface area (Å²) in [5.74, 6) is 0. The molecule has 0 unspecified atom stereocenters. The van der Waals surface area contributed by atoms with Crippen LogP contribution < -0.4 is 5.32 Å². The molecule has 3 nitrogen and oxygen atoms in total. The summed E-state index contributed by atoms with van der Waals surface area (Å²) >= 11 is 0. The van der Waals surface area contributed by atoms with E-state index in [1.165, 1.54) is 12.8 Å². The Kier molecular flexibility index (Phi) is 1.66. The largest absolute Gasteiger partial charge is 0.334 e. The van der Waals surface area contributed by atoms with Crippen molar-refractivity contribution in [3.05, 3.63) is 18.2 Å². The molecule has 3 heteroatoms. The summed E-state index contributed by atoms with van der Waals surface area (Å²) in [6, 6.07) is 0.758. The molecule has 0 spiro atoms. The topological polar surface area (TPSA) is 29.9 Å². The Bertz CT molecular complexity index is 237. The molecule has 0 radical (unpaired) electrons. The Labute approximate surface area is 66.4 Å². The molecule has 0 amide bonds. The van der Waals surface area contributed by atoms with Crippen molar-refractivity contribution in [1.82, 2.24) is 14.9 Å². The van der Waals surface area contributed by atoms with Gasteiger partial charge in [0.2, 0.25) is 0 Å². The lowest BCUT2D eigenvalue weighted by Crippen LogP contribution is -2.04. The molecule has 2 rings (SSSR count). The van der Waals surface area contributed by atoms with E-state index in [2.05, 4.69) is 21.1 Å². The van der Waals surface area contributed by atoms with E-state index in [1.807, 2.05) is 13.4 Å². The molecule has 0 aromatic carbocycles. The molecule has 0 atom stereocenters. The molecule has 1 heterocycles. The van der Waals surface area contributed by atoms with Gasteiger partial charge in [-0.25, -0.2) is 4.98 Å². The van der Waals surface area contributed by atoms with Crippen molar-refractivity contribution < 1.29 is 0 Å². The highest BCUT2D eigenvalue weighted by atomic mass is 15.1. The maximum Gasteiger partial charge on any atom is 0.0952 e. The van der Waals surface area contributed by atoms with E-state index in [-0.39, 0.29) is 0 Å². The third-order valence-electron chi connectivity index (χ3n) is 1.98. The van der Waals surface area contributed by atoms with Crippen molar-refractivity contribution in [2.45, 2.75) is 25.4 Å². The number of hydrogen-bond donors (Lipinski definition) is 1. The molecule has 1 aromatic rings. The van der Waals surface area contributed by atoms with Gasteiger partial charge >= 0.3 is 0 Å². The second-order valence-electron chi connectivity index (χ2n) is 3.07. The molecule has 0 aliphatic heterocycles. The fourth-order valence-electron chi connectivity index (χ4n) is 1.22. The van der Waals surface area contributed by atoms with Crippen LogP contribution in [0.4, 0.5) is 0 Å². The van der Waals surface area contributed by atoms with Crippen LogP contribution in [0.1, 0.15) is 24.6 Å². The van der Waals surface area contributed by atoms with Crippen LogP contribution in [0.5, 0.6) is 0 Å². The number of aromatic nitrogens is 2. The molecular formula is C8H13N3. The monoisotopic (exact) mass is 151 g/mol. The summed E-state index contributed by atoms with van der Waals surface area (Å²) in [6.07, 6.45) is 6.73. The van der Waals surface area contributed by atoms with Crippen LogP contribution in [0.15, 0.2) is 12.5 Å². The van der Waals surface area contributed by atoms with E-state index in [1.54, 1.807) is 0 Å². The molecule has 60 valence electrons. The van der Waals surface area contributed by atoms with Gasteiger partial charge in [-0.15, -0.1) is 0 Å². The minimum atomic E-state index is 0.758. The summed E-state index contributed by atoms with van der Waals surface area (Å²) in [7, 11) is 1.94. The fraction of sp³-hybridized carbons (Fsp3) is 0.625. The van der Waals surface area contributed by atoms with E-state index in [0.717, 1.165) is 18.3 Å². The number of imidazole rings is 1. The van der Waals surface area contributed by atoms with Gasteiger partial charge in [0.15, 0.2) is 0 Å². The summed E-state index contributed by atoms with van der Waals surface area (Å²) in [6.45, 7) is 0.875. The predicted octanol–water partition coefficient (Wildman–Crippen LogP) is 0.937. The van der Waals surface area contributed by atoms with E-state index >= 15 is 0 Å². The van der Waals surface area contributed by atoms with E-state index in [9.17, 15) is 0 Å². The van der Waals surface area contributed by atoms with Crippen LogP contribution in [0.3, 0.4) is 0 Å². The highest BCUT2D eigenvalue weighted by molar-refractivity contribution is 4.99. The van der Waals surface area contributed by atoms with Crippen molar-refractivity contribution in [1.29, 1.82) is 0 Å². The van der Waals surface area contributed by atoms with Gasteiger partial charge < -0.3 is 9.88 Å². The first-order chi connectivity index (χ1) is 5.40. The lowest BCUT2D eigenvalue weighted by Gasteiger charge is -1.94. The van der Waals surface area contributed by atoms with Crippen molar-refractivity contribution in [3.8, 4) is 0 Å². The number of nitrogens with zero attached hydrogens (tertiary/aromatic N) is 2. The molecule has 1 aromatic heterocycles. The van der Waals surface area contributed by atoms with Crippen molar-refractivity contribution in [3.63, 3.8) is 0 Å². The quantitative estimate of drug-likeness (QED) is 0.696. The van der Waals surface area contributed by atoms with E-state index in [0.29, 0.717) is 0 Å². The lowest BCUT2D eigenvalue weighted by atomic mass is 10.5. The first-order valence-electron chi connectivity index (χ1n) is 4.07. The zero-order valence-electron chi connectivity index (χ0n) is 6.75. The summed E-state index contributed by atoms with van der Waals surface area (Å²) < 4.78 is 2.21. The summed E-state index contributed by atoms with van der Waals surface area (Å²) in [5.41, 5.74) is 1.14. The fourth-order valence-corrected chi connectivity index (χ4v) is 1.22. The first kappa shape index (κ1) is 6.85. The third-order valence-corrected chi connectivity index (χ3v) is 1.98. The molecule has 11 heavy (non-hydrogen) atoms. The summed E-state index contributed by atoms with van der Waals surface area (Å²) in [5, 5.41) is 3.08. The van der Waals surface area contributed by atoms with Crippen LogP contribution in [0.2, 0.25) is 0 Å². The Balaban J connectivity index is 2.06. The van der Waals surface area contributed by atoms with Gasteiger partial charge in [0.05, 0.1) is 12.0 Å². The number of hydrogen-bond acceptors (Lipinski definition) is 2. The molecule has 0 bridgehead atoms. The SMILES string of the molecule is CNCc1cn(C2CC2)cn1. The number of rotatable bonds is 3. The van der Waals surface area contributed by atoms with Crippen molar-refractivity contribution in [2.75, 3.05) is 7.05 Å². The summed E-state index contributed by atoms with van der Waals surface area (Å²) in [4.78, 5) is 4.27. The van der Waals surface area contributed by atoms with Gasteiger partial charge in [0.25, 0.3) is 0 Å². The average molecular weight is 151 g/mol. The van der Waals surface area contributed by atoms with Crippen LogP contribution in [-0.4, -0.2) is 16.6 Å². The molecule has 1 N–H and O–H groups in total.